The van der Waals surface area contributed by atoms with Crippen LogP contribution in [-0.4, -0.2) is 45.0 Å². The summed E-state index contributed by atoms with van der Waals surface area (Å²) in [7, 11) is -0.0874. The molecule has 2 atom stereocenters. The van der Waals surface area contributed by atoms with Crippen molar-refractivity contribution in [2.45, 2.75) is 126 Å². The highest BCUT2D eigenvalue weighted by Crippen LogP contribution is 2.52. The molecule has 0 aromatic heterocycles. The van der Waals surface area contributed by atoms with E-state index in [-0.39, 0.29) is 19.5 Å². The van der Waals surface area contributed by atoms with Crippen LogP contribution in [0.2, 0.25) is 0 Å². The zero-order valence-electron chi connectivity index (χ0n) is 28.2. The summed E-state index contributed by atoms with van der Waals surface area (Å²) in [6.07, 6.45) is 16.9. The van der Waals surface area contributed by atoms with E-state index in [1.165, 1.54) is 88.2 Å². The molecule has 0 aliphatic heterocycles. The topological polar surface area (TPSA) is 129 Å². The molecule has 8 rings (SSSR count). The fraction of sp³-hybridized carbons (Fsp3) is 0.632. The van der Waals surface area contributed by atoms with Gasteiger partial charge in [0.1, 0.15) is 12.5 Å². The van der Waals surface area contributed by atoms with Crippen LogP contribution in [-0.2, 0) is 20.1 Å². The molecule has 47 heavy (non-hydrogen) atoms. The third-order valence-electron chi connectivity index (χ3n) is 12.2. The molecule has 6 aliphatic carbocycles. The van der Waals surface area contributed by atoms with Gasteiger partial charge in [0.15, 0.2) is 0 Å². The number of benzene rings is 2. The molecule has 2 amide bonds. The number of carbonyl (C=O) groups excluding carboxylic acids is 2. The monoisotopic (exact) mass is 642 g/mol. The van der Waals surface area contributed by atoms with Crippen molar-refractivity contribution in [3.8, 4) is 0 Å². The number of rotatable bonds is 16. The van der Waals surface area contributed by atoms with Gasteiger partial charge in [-0.05, 0) is 174 Å². The van der Waals surface area contributed by atoms with Crippen LogP contribution in [0.25, 0.3) is 0 Å². The molecule has 0 spiro atoms. The largest absolute Gasteiger partial charge is 0.441 e. The van der Waals surface area contributed by atoms with Gasteiger partial charge in [-0.25, -0.2) is 0 Å². The second-order valence-electron chi connectivity index (χ2n) is 14.9. The fourth-order valence-corrected chi connectivity index (χ4v) is 8.98. The summed E-state index contributed by atoms with van der Waals surface area (Å²) in [5, 5.41) is 6.04. The predicted octanol–water partition coefficient (Wildman–Crippen LogP) is 5.72. The lowest BCUT2D eigenvalue weighted by molar-refractivity contribution is 0.0602. The Bertz CT molecular complexity index is 1190. The van der Waals surface area contributed by atoms with Crippen LogP contribution in [0.5, 0.6) is 0 Å². The summed E-state index contributed by atoms with van der Waals surface area (Å²) in [6, 6.07) is 16.4. The first-order valence-corrected chi connectivity index (χ1v) is 18.4. The summed E-state index contributed by atoms with van der Waals surface area (Å²) >= 11 is 0. The Morgan fingerprint density at radius 2 is 0.979 bits per heavy atom. The quantitative estimate of drug-likeness (QED) is 0.137. The van der Waals surface area contributed by atoms with Gasteiger partial charge in [0.05, 0.1) is 0 Å². The smallest absolute Gasteiger partial charge is 0.393 e. The summed E-state index contributed by atoms with van der Waals surface area (Å²) in [4.78, 5) is 26.5. The molecule has 6 N–H and O–H groups in total. The average Bonchev–Trinajstić information content (AvgIpc) is 3.14. The lowest BCUT2D eigenvalue weighted by Gasteiger charge is -2.47. The zero-order valence-corrected chi connectivity index (χ0v) is 28.2. The SMILES string of the molecule is NCCCC(NC(=O)c1ccc(C23CCC(CC2)CC3)cc1)OBOC(CCCN)NC(=O)c1ccc(C23CCC(CC2)CC3)cc1. The van der Waals surface area contributed by atoms with Crippen LogP contribution >= 0.6 is 0 Å². The average molecular weight is 643 g/mol. The molecular weight excluding hydrogens is 587 g/mol. The molecule has 2 unspecified atom stereocenters. The van der Waals surface area contributed by atoms with E-state index in [4.69, 9.17) is 20.8 Å². The van der Waals surface area contributed by atoms with Crippen molar-refractivity contribution in [1.82, 2.24) is 10.6 Å². The molecule has 8 nitrogen and oxygen atoms in total. The Hall–Kier alpha value is -2.72. The van der Waals surface area contributed by atoms with Gasteiger partial charge >= 0.3 is 7.69 Å². The Kier molecular flexibility index (Phi) is 11.4. The van der Waals surface area contributed by atoms with E-state index in [0.717, 1.165) is 11.8 Å². The first-order valence-electron chi connectivity index (χ1n) is 18.4. The minimum Gasteiger partial charge on any atom is -0.393 e. The maximum Gasteiger partial charge on any atom is 0.441 e. The number of amides is 2. The van der Waals surface area contributed by atoms with Crippen molar-refractivity contribution < 1.29 is 18.9 Å². The second kappa shape index (κ2) is 15.7. The maximum absolute atomic E-state index is 13.2. The first-order chi connectivity index (χ1) is 22.9. The van der Waals surface area contributed by atoms with Crippen molar-refractivity contribution >= 4 is 19.5 Å². The number of carbonyl (C=O) groups is 2. The number of fused-ring (bicyclic) bond motifs is 6. The third-order valence-corrected chi connectivity index (χ3v) is 12.2. The Morgan fingerprint density at radius 1 is 0.638 bits per heavy atom. The number of hydrogen-bond donors (Lipinski definition) is 4. The molecule has 4 bridgehead atoms. The minimum atomic E-state index is -0.564. The molecule has 2 aromatic rings. The van der Waals surface area contributed by atoms with E-state index < -0.39 is 12.5 Å². The van der Waals surface area contributed by atoms with E-state index in [9.17, 15) is 9.59 Å². The van der Waals surface area contributed by atoms with Crippen molar-refractivity contribution in [3.05, 3.63) is 70.8 Å². The van der Waals surface area contributed by atoms with Crippen LogP contribution in [0.1, 0.15) is 135 Å². The summed E-state index contributed by atoms with van der Waals surface area (Å²) in [5.41, 5.74) is 16.1. The van der Waals surface area contributed by atoms with Crippen molar-refractivity contribution in [2.24, 2.45) is 23.3 Å². The molecule has 6 saturated carbocycles. The highest BCUT2D eigenvalue weighted by atomic mass is 16.6. The van der Waals surface area contributed by atoms with E-state index in [1.807, 2.05) is 24.3 Å². The van der Waals surface area contributed by atoms with Gasteiger partial charge in [-0.3, -0.25) is 9.59 Å². The fourth-order valence-electron chi connectivity index (χ4n) is 8.98. The summed E-state index contributed by atoms with van der Waals surface area (Å²) < 4.78 is 12.0. The van der Waals surface area contributed by atoms with E-state index >= 15 is 0 Å². The van der Waals surface area contributed by atoms with Crippen molar-refractivity contribution in [3.63, 3.8) is 0 Å². The van der Waals surface area contributed by atoms with Gasteiger partial charge in [0, 0.05) is 11.1 Å². The highest BCUT2D eigenvalue weighted by molar-refractivity contribution is 6.18. The summed E-state index contributed by atoms with van der Waals surface area (Å²) in [5.74, 6) is 1.48. The highest BCUT2D eigenvalue weighted by Gasteiger charge is 2.42. The van der Waals surface area contributed by atoms with Gasteiger partial charge in [-0.2, -0.15) is 0 Å². The molecule has 0 heterocycles. The lowest BCUT2D eigenvalue weighted by atomic mass is 9.58. The molecule has 2 aromatic carbocycles. The van der Waals surface area contributed by atoms with Crippen LogP contribution in [0.4, 0.5) is 0 Å². The summed E-state index contributed by atoms with van der Waals surface area (Å²) in [6.45, 7) is 0.980. The van der Waals surface area contributed by atoms with Crippen LogP contribution < -0.4 is 22.1 Å². The standard InChI is InChI=1S/C38H55BN4O4/c40-25-1-3-33(42-35(44)29-5-9-31(10-6-29)37-19-13-27(14-20-37)15-21-37)46-39-47-34(4-2-26-41)43-36(45)30-7-11-32(12-8-30)38-22-16-28(17-23-38)18-24-38/h5-12,27-28,33-34,39H,1-4,13-26,40-41H2,(H,42,44)(H,43,45). The number of nitrogens with one attached hydrogen (secondary N) is 2. The van der Waals surface area contributed by atoms with Gasteiger partial charge in [-0.1, -0.05) is 24.3 Å². The van der Waals surface area contributed by atoms with E-state index in [2.05, 4.69) is 34.9 Å². The van der Waals surface area contributed by atoms with Gasteiger partial charge in [0.2, 0.25) is 0 Å². The van der Waals surface area contributed by atoms with Crippen molar-refractivity contribution in [2.75, 3.05) is 13.1 Å². The molecular formula is C38H55BN4O4. The van der Waals surface area contributed by atoms with Gasteiger partial charge < -0.3 is 31.4 Å². The van der Waals surface area contributed by atoms with E-state index in [1.54, 1.807) is 0 Å². The Labute approximate surface area is 281 Å². The van der Waals surface area contributed by atoms with Gasteiger partial charge in [-0.15, -0.1) is 0 Å². The molecule has 0 radical (unpaired) electrons. The Morgan fingerprint density at radius 3 is 1.30 bits per heavy atom. The first kappa shape index (κ1) is 34.2. The third kappa shape index (κ3) is 8.13. The van der Waals surface area contributed by atoms with Crippen LogP contribution in [0.15, 0.2) is 48.5 Å². The van der Waals surface area contributed by atoms with Crippen molar-refractivity contribution in [1.29, 1.82) is 0 Å². The molecule has 254 valence electrons. The zero-order chi connectivity index (χ0) is 32.7. The second-order valence-corrected chi connectivity index (χ2v) is 14.9. The molecule has 6 aliphatic rings. The predicted molar refractivity (Wildman–Crippen MR) is 187 cm³/mol. The van der Waals surface area contributed by atoms with Crippen LogP contribution in [0.3, 0.4) is 0 Å². The number of nitrogens with two attached hydrogens (primary N) is 2. The maximum atomic E-state index is 13.2. The van der Waals surface area contributed by atoms with Crippen LogP contribution in [0, 0.1) is 11.8 Å². The Balaban J connectivity index is 1.01. The van der Waals surface area contributed by atoms with Gasteiger partial charge in [0.25, 0.3) is 11.8 Å². The molecule has 9 heteroatoms. The molecule has 0 saturated heterocycles. The normalized spacial score (nSPS) is 27.6. The minimum absolute atomic E-state index is 0.0874. The lowest BCUT2D eigenvalue weighted by Crippen LogP contribution is -2.42. The number of hydrogen-bond acceptors (Lipinski definition) is 6. The molecule has 6 fully saturated rings. The van der Waals surface area contributed by atoms with E-state index in [0.29, 0.717) is 60.7 Å².